The number of pyridine rings is 2. The van der Waals surface area contributed by atoms with Gasteiger partial charge in [0.15, 0.2) is 0 Å². The van der Waals surface area contributed by atoms with Crippen LogP contribution in [0.1, 0.15) is 27.9 Å². The van der Waals surface area contributed by atoms with E-state index in [0.717, 1.165) is 34.2 Å². The molecule has 2 amide bonds. The summed E-state index contributed by atoms with van der Waals surface area (Å²) in [4.78, 5) is 40.8. The monoisotopic (exact) mass is 608 g/mol. The van der Waals surface area contributed by atoms with Crippen LogP contribution in [0.15, 0.2) is 128 Å². The number of benzene rings is 3. The summed E-state index contributed by atoms with van der Waals surface area (Å²) in [5.74, 6) is 0.315. The van der Waals surface area contributed by atoms with E-state index in [0.29, 0.717) is 31.0 Å². The fourth-order valence-corrected chi connectivity index (χ4v) is 5.81. The summed E-state index contributed by atoms with van der Waals surface area (Å²) in [6.07, 6.45) is 9.53. The number of ether oxygens (including phenoxy) is 1. The third-order valence-electron chi connectivity index (χ3n) is 8.37. The molecule has 1 aliphatic heterocycles. The first-order valence-electron chi connectivity index (χ1n) is 15.4. The van der Waals surface area contributed by atoms with E-state index in [1.165, 1.54) is 11.6 Å². The molecule has 0 N–H and O–H groups in total. The molecule has 1 atom stereocenters. The summed E-state index contributed by atoms with van der Waals surface area (Å²) in [6.45, 7) is 1.40. The Morgan fingerprint density at radius 1 is 0.848 bits per heavy atom. The minimum Gasteiger partial charge on any atom is -0.495 e. The van der Waals surface area contributed by atoms with Gasteiger partial charge in [-0.3, -0.25) is 19.6 Å². The Kier molecular flexibility index (Phi) is 9.59. The van der Waals surface area contributed by atoms with Crippen molar-refractivity contribution in [3.8, 4) is 16.9 Å². The van der Waals surface area contributed by atoms with E-state index >= 15 is 0 Å². The molecule has 5 aromatic rings. The number of hydrogen-bond donors (Lipinski definition) is 0. The number of nitrogens with zero attached hydrogens (tertiary/aromatic N) is 4. The third-order valence-corrected chi connectivity index (χ3v) is 8.37. The van der Waals surface area contributed by atoms with Gasteiger partial charge in [-0.2, -0.15) is 0 Å². The van der Waals surface area contributed by atoms with Crippen molar-refractivity contribution in [1.82, 2.24) is 19.8 Å². The average Bonchev–Trinajstić information content (AvgIpc) is 3.13. The lowest BCUT2D eigenvalue weighted by atomic mass is 9.97. The first kappa shape index (κ1) is 30.5. The Morgan fingerprint density at radius 3 is 2.28 bits per heavy atom. The van der Waals surface area contributed by atoms with Crippen LogP contribution in [0.4, 0.5) is 0 Å². The normalized spacial score (nSPS) is 13.2. The quantitative estimate of drug-likeness (QED) is 0.172. The summed E-state index contributed by atoms with van der Waals surface area (Å²) in [5, 5.41) is 0. The Bertz CT molecular complexity index is 1790. The van der Waals surface area contributed by atoms with Crippen molar-refractivity contribution in [2.75, 3.05) is 13.7 Å². The van der Waals surface area contributed by atoms with Gasteiger partial charge < -0.3 is 14.5 Å². The molecule has 230 valence electrons. The zero-order valence-electron chi connectivity index (χ0n) is 25.8. The second-order valence-corrected chi connectivity index (χ2v) is 11.3. The molecule has 46 heavy (non-hydrogen) atoms. The maximum Gasteiger partial charge on any atom is 0.247 e. The minimum atomic E-state index is -0.714. The summed E-state index contributed by atoms with van der Waals surface area (Å²) >= 11 is 0. The van der Waals surface area contributed by atoms with E-state index in [-0.39, 0.29) is 18.4 Å². The lowest BCUT2D eigenvalue weighted by molar-refractivity contribution is -0.144. The number of methoxy groups -OCH3 is 1. The Morgan fingerprint density at radius 2 is 1.57 bits per heavy atom. The van der Waals surface area contributed by atoms with E-state index in [4.69, 9.17) is 4.74 Å². The standard InChI is InChI=1S/C39H36N4O3/c1-46-36-17-15-35(41-26-36)16-18-38(44)43(27-30-11-13-32(14-12-30)33-19-22-40-23-20-33)37(25-29-7-3-2-4-8-29)39(45)42-24-21-31-9-5-6-10-34(31)28-42/h2-20,22-23,26,37H,21,24-25,27-28H2,1H3. The van der Waals surface area contributed by atoms with Crippen LogP contribution in [-0.4, -0.2) is 51.3 Å². The number of carbonyl (C=O) groups excluding carboxylic acids is 2. The molecule has 3 heterocycles. The first-order chi connectivity index (χ1) is 22.6. The van der Waals surface area contributed by atoms with Crippen molar-refractivity contribution in [2.45, 2.75) is 32.0 Å². The van der Waals surface area contributed by atoms with E-state index in [9.17, 15) is 9.59 Å². The van der Waals surface area contributed by atoms with Gasteiger partial charge in [-0.1, -0.05) is 78.9 Å². The van der Waals surface area contributed by atoms with Crippen LogP contribution < -0.4 is 4.74 Å². The Balaban J connectivity index is 1.34. The van der Waals surface area contributed by atoms with Crippen LogP contribution in [-0.2, 0) is 35.5 Å². The molecular weight excluding hydrogens is 572 g/mol. The van der Waals surface area contributed by atoms with Gasteiger partial charge in [0.2, 0.25) is 11.8 Å². The molecule has 0 saturated heterocycles. The fourth-order valence-electron chi connectivity index (χ4n) is 5.81. The highest BCUT2D eigenvalue weighted by Crippen LogP contribution is 2.24. The molecule has 2 aromatic heterocycles. The fraction of sp³-hybridized carbons (Fsp3) is 0.179. The van der Waals surface area contributed by atoms with Crippen LogP contribution >= 0.6 is 0 Å². The zero-order chi connectivity index (χ0) is 31.7. The highest BCUT2D eigenvalue weighted by Gasteiger charge is 2.34. The van der Waals surface area contributed by atoms with E-state index in [1.54, 1.807) is 48.8 Å². The van der Waals surface area contributed by atoms with Crippen LogP contribution in [0.5, 0.6) is 5.75 Å². The zero-order valence-corrected chi connectivity index (χ0v) is 25.8. The lowest BCUT2D eigenvalue weighted by Gasteiger charge is -2.37. The first-order valence-corrected chi connectivity index (χ1v) is 15.4. The highest BCUT2D eigenvalue weighted by atomic mass is 16.5. The van der Waals surface area contributed by atoms with Gasteiger partial charge in [-0.05, 0) is 70.1 Å². The summed E-state index contributed by atoms with van der Waals surface area (Å²) < 4.78 is 5.22. The Hall–Kier alpha value is -5.56. The highest BCUT2D eigenvalue weighted by molar-refractivity contribution is 5.95. The molecule has 0 saturated carbocycles. The summed E-state index contributed by atoms with van der Waals surface area (Å²) in [5.41, 5.74) is 7.07. The van der Waals surface area contributed by atoms with Crippen molar-refractivity contribution >= 4 is 17.9 Å². The SMILES string of the molecule is COc1ccc(C=CC(=O)N(Cc2ccc(-c3ccncc3)cc2)C(Cc2ccccc2)C(=O)N2CCc3ccccc3C2)nc1. The van der Waals surface area contributed by atoms with Gasteiger partial charge in [0, 0.05) is 44.5 Å². The summed E-state index contributed by atoms with van der Waals surface area (Å²) in [6, 6.07) is 33.1. The molecule has 0 spiro atoms. The average molecular weight is 609 g/mol. The largest absolute Gasteiger partial charge is 0.495 e. The van der Waals surface area contributed by atoms with Crippen molar-refractivity contribution in [3.63, 3.8) is 0 Å². The van der Waals surface area contributed by atoms with Crippen LogP contribution in [0.2, 0.25) is 0 Å². The minimum absolute atomic E-state index is 0.0592. The van der Waals surface area contributed by atoms with Gasteiger partial charge in [-0.15, -0.1) is 0 Å². The number of aromatic nitrogens is 2. The predicted octanol–water partition coefficient (Wildman–Crippen LogP) is 6.39. The van der Waals surface area contributed by atoms with Crippen molar-refractivity contribution < 1.29 is 14.3 Å². The maximum atomic E-state index is 14.5. The smallest absolute Gasteiger partial charge is 0.247 e. The van der Waals surface area contributed by atoms with Gasteiger partial charge in [0.25, 0.3) is 0 Å². The van der Waals surface area contributed by atoms with Crippen molar-refractivity contribution in [1.29, 1.82) is 0 Å². The topological polar surface area (TPSA) is 75.6 Å². The number of carbonyl (C=O) groups is 2. The Labute approximate surface area is 269 Å². The van der Waals surface area contributed by atoms with Gasteiger partial charge >= 0.3 is 0 Å². The van der Waals surface area contributed by atoms with Crippen LogP contribution in [0, 0.1) is 0 Å². The van der Waals surface area contributed by atoms with Crippen LogP contribution in [0.25, 0.3) is 17.2 Å². The number of amides is 2. The second kappa shape index (κ2) is 14.5. The van der Waals surface area contributed by atoms with E-state index in [2.05, 4.69) is 22.1 Å². The number of rotatable bonds is 10. The maximum absolute atomic E-state index is 14.5. The predicted molar refractivity (Wildman–Crippen MR) is 180 cm³/mol. The molecular formula is C39H36N4O3. The summed E-state index contributed by atoms with van der Waals surface area (Å²) in [7, 11) is 1.59. The molecule has 7 heteroatoms. The molecule has 0 fully saturated rings. The van der Waals surface area contributed by atoms with E-state index in [1.807, 2.05) is 83.8 Å². The van der Waals surface area contributed by atoms with Crippen molar-refractivity contribution in [2.24, 2.45) is 0 Å². The molecule has 0 aliphatic carbocycles. The molecule has 1 aliphatic rings. The third kappa shape index (κ3) is 7.38. The van der Waals surface area contributed by atoms with Crippen LogP contribution in [0.3, 0.4) is 0 Å². The number of fused-ring (bicyclic) bond motifs is 1. The molecule has 3 aromatic carbocycles. The molecule has 6 rings (SSSR count). The molecule has 0 radical (unpaired) electrons. The molecule has 7 nitrogen and oxygen atoms in total. The van der Waals surface area contributed by atoms with Gasteiger partial charge in [0.05, 0.1) is 19.0 Å². The molecule has 0 bridgehead atoms. The van der Waals surface area contributed by atoms with Gasteiger partial charge in [-0.25, -0.2) is 0 Å². The van der Waals surface area contributed by atoms with E-state index < -0.39 is 6.04 Å². The molecule has 1 unspecified atom stereocenters. The van der Waals surface area contributed by atoms with Crippen molar-refractivity contribution in [3.05, 3.63) is 156 Å². The lowest BCUT2D eigenvalue weighted by Crippen LogP contribution is -2.52. The second-order valence-electron chi connectivity index (χ2n) is 11.3. The number of hydrogen-bond acceptors (Lipinski definition) is 5. The van der Waals surface area contributed by atoms with Gasteiger partial charge in [0.1, 0.15) is 11.8 Å².